The molecule has 0 amide bonds. The number of phenolic OH excluding ortho intramolecular Hbond substituents is 1. The molecule has 1 unspecified atom stereocenters. The van der Waals surface area contributed by atoms with Gasteiger partial charge in [-0.2, -0.15) is 5.26 Å². The van der Waals surface area contributed by atoms with Crippen LogP contribution in [0.3, 0.4) is 0 Å². The number of aliphatic imine (C=N–C) groups is 1. The quantitative estimate of drug-likeness (QED) is 0.768. The van der Waals surface area contributed by atoms with E-state index in [2.05, 4.69) is 34.0 Å². The van der Waals surface area contributed by atoms with Crippen LogP contribution in [0.25, 0.3) is 0 Å². The minimum absolute atomic E-state index is 0.0356. The number of nitrogens with one attached hydrogen (secondary N) is 1. The summed E-state index contributed by atoms with van der Waals surface area (Å²) in [5.74, 6) is 0.412. The number of nitrogens with zero attached hydrogens (tertiary/aromatic N) is 2. The lowest BCUT2D eigenvalue weighted by Crippen LogP contribution is -3.08. The van der Waals surface area contributed by atoms with Crippen LogP contribution in [-0.4, -0.2) is 32.0 Å². The number of likely N-dealkylation sites (N-methyl/N-ethyl adjacent to an activating group) is 1. The van der Waals surface area contributed by atoms with Gasteiger partial charge in [0, 0.05) is 22.7 Å². The first-order valence-corrected chi connectivity index (χ1v) is 9.11. The molecule has 1 atom stereocenters. The molecule has 2 heterocycles. The van der Waals surface area contributed by atoms with E-state index in [-0.39, 0.29) is 5.75 Å². The fourth-order valence-corrected chi connectivity index (χ4v) is 4.50. The molecule has 3 rings (SSSR count). The molecule has 24 heavy (non-hydrogen) atoms. The number of ether oxygens (including phenoxy) is 1. The number of aromatic hydroxyl groups is 1. The number of thiophene rings is 1. The van der Waals surface area contributed by atoms with E-state index in [9.17, 15) is 10.4 Å². The molecule has 124 valence electrons. The van der Waals surface area contributed by atoms with E-state index in [4.69, 9.17) is 4.74 Å². The van der Waals surface area contributed by atoms with E-state index < -0.39 is 0 Å². The molecule has 1 aromatic heterocycles. The molecule has 0 aliphatic carbocycles. The van der Waals surface area contributed by atoms with Crippen molar-refractivity contribution in [1.29, 1.82) is 5.26 Å². The zero-order valence-corrected chi connectivity index (χ0v) is 15.8. The molecule has 1 aliphatic heterocycles. The van der Waals surface area contributed by atoms with Crippen molar-refractivity contribution in [2.75, 3.05) is 20.7 Å². The Morgan fingerprint density at radius 3 is 3.00 bits per heavy atom. The van der Waals surface area contributed by atoms with Crippen molar-refractivity contribution in [2.45, 2.75) is 13.0 Å². The van der Waals surface area contributed by atoms with Crippen LogP contribution >= 0.6 is 27.3 Å². The Morgan fingerprint density at radius 1 is 1.50 bits per heavy atom. The summed E-state index contributed by atoms with van der Waals surface area (Å²) in [7, 11) is 3.66. The number of rotatable bonds is 3. The van der Waals surface area contributed by atoms with Gasteiger partial charge < -0.3 is 14.7 Å². The Morgan fingerprint density at radius 2 is 2.29 bits per heavy atom. The molecule has 2 aromatic rings. The predicted octanol–water partition coefficient (Wildman–Crippen LogP) is 2.42. The molecule has 0 bridgehead atoms. The van der Waals surface area contributed by atoms with Crippen molar-refractivity contribution in [3.63, 3.8) is 0 Å². The van der Waals surface area contributed by atoms with Crippen LogP contribution < -0.4 is 9.64 Å². The standard InChI is InChI=1S/C17H16BrN3O2S/c1-21-4-3-12-13(7-19)17(24-15(12)9-21)20-8-10-5-11(18)6-14(23-2)16(10)22/h5-6,8,22H,3-4,9H2,1-2H3/p+1/b20-8+. The molecular formula is C17H17BrN3O2S+. The fourth-order valence-electron chi connectivity index (χ4n) is 2.79. The van der Waals surface area contributed by atoms with Crippen LogP contribution in [0.2, 0.25) is 0 Å². The number of halogens is 1. The molecule has 0 radical (unpaired) electrons. The van der Waals surface area contributed by atoms with Crippen LogP contribution in [0.5, 0.6) is 11.5 Å². The lowest BCUT2D eigenvalue weighted by atomic mass is 10.0. The van der Waals surface area contributed by atoms with Crippen LogP contribution in [0.1, 0.15) is 21.6 Å². The minimum Gasteiger partial charge on any atom is -0.504 e. The SMILES string of the molecule is COc1cc(Br)cc(/C=N/c2sc3c(c2C#N)CC[NH+](C)C3)c1O. The minimum atomic E-state index is 0.0356. The number of benzene rings is 1. The fraction of sp³-hybridized carbons (Fsp3) is 0.294. The number of quaternary nitrogens is 1. The number of methoxy groups -OCH3 is 1. The topological polar surface area (TPSA) is 70.0 Å². The molecule has 0 saturated carbocycles. The highest BCUT2D eigenvalue weighted by Gasteiger charge is 2.24. The maximum Gasteiger partial charge on any atom is 0.166 e. The second-order valence-electron chi connectivity index (χ2n) is 5.73. The number of nitriles is 1. The highest BCUT2D eigenvalue weighted by Crippen LogP contribution is 2.37. The molecule has 2 N–H and O–H groups in total. The van der Waals surface area contributed by atoms with E-state index in [1.807, 2.05) is 0 Å². The molecule has 1 aromatic carbocycles. The van der Waals surface area contributed by atoms with Crippen LogP contribution in [-0.2, 0) is 13.0 Å². The van der Waals surface area contributed by atoms with Crippen LogP contribution in [0, 0.1) is 11.3 Å². The van der Waals surface area contributed by atoms with Crippen LogP contribution in [0.4, 0.5) is 5.00 Å². The van der Waals surface area contributed by atoms with Gasteiger partial charge in [-0.05, 0) is 17.7 Å². The summed E-state index contributed by atoms with van der Waals surface area (Å²) in [6, 6.07) is 5.75. The van der Waals surface area contributed by atoms with E-state index >= 15 is 0 Å². The van der Waals surface area contributed by atoms with Crippen molar-refractivity contribution >= 4 is 38.5 Å². The molecule has 1 aliphatic rings. The number of hydrogen-bond acceptors (Lipinski definition) is 5. The van der Waals surface area contributed by atoms with E-state index in [1.165, 1.54) is 16.9 Å². The van der Waals surface area contributed by atoms with Gasteiger partial charge in [0.25, 0.3) is 0 Å². The van der Waals surface area contributed by atoms with Gasteiger partial charge in [-0.15, -0.1) is 11.3 Å². The number of hydrogen-bond donors (Lipinski definition) is 2. The lowest BCUT2D eigenvalue weighted by Gasteiger charge is -2.18. The Bertz CT molecular complexity index is 854. The van der Waals surface area contributed by atoms with Crippen molar-refractivity contribution in [3.8, 4) is 17.6 Å². The second-order valence-corrected chi connectivity index (χ2v) is 7.73. The van der Waals surface area contributed by atoms with Crippen molar-refractivity contribution in [3.05, 3.63) is 38.2 Å². The van der Waals surface area contributed by atoms with Crippen LogP contribution in [0.15, 0.2) is 21.6 Å². The smallest absolute Gasteiger partial charge is 0.166 e. The summed E-state index contributed by atoms with van der Waals surface area (Å²) in [6.07, 6.45) is 2.49. The Kier molecular flexibility index (Phi) is 4.90. The second kappa shape index (κ2) is 6.93. The average Bonchev–Trinajstić information content (AvgIpc) is 2.91. The first-order chi connectivity index (χ1) is 11.5. The third-order valence-corrected chi connectivity index (χ3v) is 5.66. The molecule has 0 spiro atoms. The summed E-state index contributed by atoms with van der Waals surface area (Å²) < 4.78 is 5.93. The van der Waals surface area contributed by atoms with Crippen molar-refractivity contribution < 1.29 is 14.7 Å². The molecular weight excluding hydrogens is 390 g/mol. The monoisotopic (exact) mass is 406 g/mol. The predicted molar refractivity (Wildman–Crippen MR) is 97.8 cm³/mol. The Labute approximate surface area is 153 Å². The molecule has 5 nitrogen and oxygen atoms in total. The highest BCUT2D eigenvalue weighted by molar-refractivity contribution is 9.10. The maximum absolute atomic E-state index is 10.2. The molecule has 0 saturated heterocycles. The van der Waals surface area contributed by atoms with Gasteiger partial charge in [0.15, 0.2) is 11.5 Å². The van der Waals surface area contributed by atoms with E-state index in [1.54, 1.807) is 29.7 Å². The largest absolute Gasteiger partial charge is 0.504 e. The average molecular weight is 407 g/mol. The van der Waals surface area contributed by atoms with Gasteiger partial charge in [0.05, 0.1) is 31.1 Å². The van der Waals surface area contributed by atoms with Gasteiger partial charge in [-0.1, -0.05) is 15.9 Å². The summed E-state index contributed by atoms with van der Waals surface area (Å²) in [5, 5.41) is 20.4. The zero-order valence-electron chi connectivity index (χ0n) is 13.4. The first-order valence-electron chi connectivity index (χ1n) is 7.50. The van der Waals surface area contributed by atoms with Gasteiger partial charge in [-0.3, -0.25) is 0 Å². The maximum atomic E-state index is 10.2. The normalized spacial score (nSPS) is 16.8. The van der Waals surface area contributed by atoms with Crippen molar-refractivity contribution in [1.82, 2.24) is 0 Å². The number of phenols is 1. The summed E-state index contributed by atoms with van der Waals surface area (Å²) >= 11 is 4.95. The van der Waals surface area contributed by atoms with Gasteiger partial charge in [-0.25, -0.2) is 4.99 Å². The summed E-state index contributed by atoms with van der Waals surface area (Å²) in [6.45, 7) is 1.96. The molecule has 7 heteroatoms. The summed E-state index contributed by atoms with van der Waals surface area (Å²) in [5.41, 5.74) is 2.34. The Balaban J connectivity index is 1.99. The van der Waals surface area contributed by atoms with Gasteiger partial charge >= 0.3 is 0 Å². The van der Waals surface area contributed by atoms with Crippen molar-refractivity contribution in [2.24, 2.45) is 4.99 Å². The zero-order chi connectivity index (χ0) is 17.3. The van der Waals surface area contributed by atoms with Gasteiger partial charge in [0.1, 0.15) is 17.6 Å². The third kappa shape index (κ3) is 3.18. The Hall–Kier alpha value is -1.88. The number of fused-ring (bicyclic) bond motifs is 1. The first kappa shape index (κ1) is 17.0. The lowest BCUT2D eigenvalue weighted by molar-refractivity contribution is -0.895. The highest BCUT2D eigenvalue weighted by atomic mass is 79.9. The van der Waals surface area contributed by atoms with E-state index in [0.717, 1.165) is 29.5 Å². The van der Waals surface area contributed by atoms with E-state index in [0.29, 0.717) is 21.9 Å². The summed E-state index contributed by atoms with van der Waals surface area (Å²) in [4.78, 5) is 7.16. The molecule has 0 fully saturated rings. The third-order valence-electron chi connectivity index (χ3n) is 4.06. The van der Waals surface area contributed by atoms with Gasteiger partial charge in [0.2, 0.25) is 0 Å².